The number of nitrogens with one attached hydrogen (secondary N) is 1. The molecule has 1 aromatic heterocycles. The molecular weight excluding hydrogens is 384 g/mol. The first-order chi connectivity index (χ1) is 14.6. The SMILES string of the molecule is O=C(O)CCc1ccc(OCCOc2ccc(NC(=O)c3cccnc3)cc2)cc1. The van der Waals surface area contributed by atoms with Gasteiger partial charge in [-0.1, -0.05) is 12.1 Å². The number of rotatable bonds is 10. The lowest BCUT2D eigenvalue weighted by Gasteiger charge is -2.10. The van der Waals surface area contributed by atoms with Crippen LogP contribution in [0.25, 0.3) is 0 Å². The molecule has 0 radical (unpaired) electrons. The molecule has 1 heterocycles. The van der Waals surface area contributed by atoms with Gasteiger partial charge in [0.2, 0.25) is 0 Å². The molecule has 0 atom stereocenters. The van der Waals surface area contributed by atoms with Crippen LogP contribution in [0.3, 0.4) is 0 Å². The first kappa shape index (κ1) is 20.9. The number of carboxylic acid groups (broad SMARTS) is 1. The van der Waals surface area contributed by atoms with Crippen molar-refractivity contribution in [3.63, 3.8) is 0 Å². The number of aromatic nitrogens is 1. The molecule has 0 fully saturated rings. The van der Waals surface area contributed by atoms with Crippen LogP contribution in [-0.2, 0) is 11.2 Å². The highest BCUT2D eigenvalue weighted by atomic mass is 16.5. The summed E-state index contributed by atoms with van der Waals surface area (Å²) in [4.78, 5) is 26.6. The van der Waals surface area contributed by atoms with Gasteiger partial charge in [0.15, 0.2) is 0 Å². The Morgan fingerprint density at radius 2 is 1.53 bits per heavy atom. The van der Waals surface area contributed by atoms with Crippen molar-refractivity contribution in [2.45, 2.75) is 12.8 Å². The maximum atomic E-state index is 12.1. The highest BCUT2D eigenvalue weighted by Gasteiger charge is 2.06. The number of aliphatic carboxylic acids is 1. The molecule has 3 rings (SSSR count). The monoisotopic (exact) mass is 406 g/mol. The van der Waals surface area contributed by atoms with Gasteiger partial charge in [0.1, 0.15) is 24.7 Å². The van der Waals surface area contributed by atoms with Crippen molar-refractivity contribution in [1.29, 1.82) is 0 Å². The van der Waals surface area contributed by atoms with Crippen molar-refractivity contribution in [2.75, 3.05) is 18.5 Å². The van der Waals surface area contributed by atoms with Gasteiger partial charge in [-0.05, 0) is 60.5 Å². The lowest BCUT2D eigenvalue weighted by molar-refractivity contribution is -0.136. The Kier molecular flexibility index (Phi) is 7.38. The van der Waals surface area contributed by atoms with Gasteiger partial charge in [-0.25, -0.2) is 0 Å². The molecule has 154 valence electrons. The van der Waals surface area contributed by atoms with E-state index < -0.39 is 5.97 Å². The highest BCUT2D eigenvalue weighted by Crippen LogP contribution is 2.17. The minimum Gasteiger partial charge on any atom is -0.490 e. The van der Waals surface area contributed by atoms with Crippen molar-refractivity contribution < 1.29 is 24.2 Å². The van der Waals surface area contributed by atoms with Crippen molar-refractivity contribution >= 4 is 17.6 Å². The number of amides is 1. The van der Waals surface area contributed by atoms with E-state index in [0.717, 1.165) is 5.56 Å². The predicted octanol–water partition coefficient (Wildman–Crippen LogP) is 3.81. The number of carboxylic acids is 1. The van der Waals surface area contributed by atoms with Gasteiger partial charge >= 0.3 is 5.97 Å². The van der Waals surface area contributed by atoms with E-state index in [9.17, 15) is 9.59 Å². The van der Waals surface area contributed by atoms with E-state index in [4.69, 9.17) is 14.6 Å². The zero-order valence-electron chi connectivity index (χ0n) is 16.3. The second kappa shape index (κ2) is 10.6. The Bertz CT molecular complexity index is 957. The largest absolute Gasteiger partial charge is 0.490 e. The van der Waals surface area contributed by atoms with Gasteiger partial charge in [-0.15, -0.1) is 0 Å². The maximum Gasteiger partial charge on any atom is 0.303 e. The van der Waals surface area contributed by atoms with E-state index in [0.29, 0.717) is 42.4 Å². The lowest BCUT2D eigenvalue weighted by atomic mass is 10.1. The number of pyridine rings is 1. The lowest BCUT2D eigenvalue weighted by Crippen LogP contribution is -2.12. The Balaban J connectivity index is 1.39. The fourth-order valence-electron chi connectivity index (χ4n) is 2.66. The Hall–Kier alpha value is -3.87. The molecule has 0 spiro atoms. The molecule has 0 saturated heterocycles. The summed E-state index contributed by atoms with van der Waals surface area (Å²) in [7, 11) is 0. The number of hydrogen-bond acceptors (Lipinski definition) is 5. The van der Waals surface area contributed by atoms with Gasteiger partial charge in [0, 0.05) is 24.5 Å². The Labute approximate surface area is 174 Å². The van der Waals surface area contributed by atoms with Crippen LogP contribution in [0.4, 0.5) is 5.69 Å². The second-order valence-corrected chi connectivity index (χ2v) is 6.45. The number of anilines is 1. The van der Waals surface area contributed by atoms with Crippen LogP contribution >= 0.6 is 0 Å². The summed E-state index contributed by atoms with van der Waals surface area (Å²) in [6.07, 6.45) is 3.73. The molecular formula is C23H22N2O5. The maximum absolute atomic E-state index is 12.1. The predicted molar refractivity (Wildman–Crippen MR) is 112 cm³/mol. The number of carbonyl (C=O) groups excluding carboxylic acids is 1. The summed E-state index contributed by atoms with van der Waals surface area (Å²) < 4.78 is 11.3. The van der Waals surface area contributed by atoms with Crippen molar-refractivity contribution in [3.8, 4) is 11.5 Å². The van der Waals surface area contributed by atoms with E-state index in [-0.39, 0.29) is 12.3 Å². The molecule has 1 amide bonds. The van der Waals surface area contributed by atoms with E-state index in [1.807, 2.05) is 24.3 Å². The van der Waals surface area contributed by atoms with Crippen LogP contribution in [0.1, 0.15) is 22.3 Å². The van der Waals surface area contributed by atoms with Crippen LogP contribution in [0.2, 0.25) is 0 Å². The number of ether oxygens (including phenoxy) is 2. The quantitative estimate of drug-likeness (QED) is 0.497. The summed E-state index contributed by atoms with van der Waals surface area (Å²) in [5.41, 5.74) is 2.11. The average Bonchev–Trinajstić information content (AvgIpc) is 2.77. The molecule has 0 aliphatic heterocycles. The molecule has 0 unspecified atom stereocenters. The normalized spacial score (nSPS) is 10.3. The molecule has 2 aromatic carbocycles. The Morgan fingerprint density at radius 3 is 2.10 bits per heavy atom. The summed E-state index contributed by atoms with van der Waals surface area (Å²) >= 11 is 0. The van der Waals surface area contributed by atoms with Gasteiger partial charge in [0.05, 0.1) is 5.56 Å². The summed E-state index contributed by atoms with van der Waals surface area (Å²) in [6.45, 7) is 0.732. The topological polar surface area (TPSA) is 97.8 Å². The standard InChI is InChI=1S/C23H22N2O5/c26-22(27)12-5-17-3-8-20(9-4-17)29-14-15-30-21-10-6-19(7-11-21)25-23(28)18-2-1-13-24-16-18/h1-4,6-11,13,16H,5,12,14-15H2,(H,25,28)(H,26,27). The number of carbonyl (C=O) groups is 2. The smallest absolute Gasteiger partial charge is 0.303 e. The van der Waals surface area contributed by atoms with Crippen LogP contribution < -0.4 is 14.8 Å². The first-order valence-electron chi connectivity index (χ1n) is 9.48. The second-order valence-electron chi connectivity index (χ2n) is 6.45. The van der Waals surface area contributed by atoms with E-state index in [1.54, 1.807) is 42.6 Å². The van der Waals surface area contributed by atoms with Crippen molar-refractivity contribution in [2.24, 2.45) is 0 Å². The molecule has 0 saturated carbocycles. The van der Waals surface area contributed by atoms with Gasteiger partial charge in [0.25, 0.3) is 5.91 Å². The third kappa shape index (κ3) is 6.63. The summed E-state index contributed by atoms with van der Waals surface area (Å²) in [5.74, 6) is 0.337. The van der Waals surface area contributed by atoms with Crippen LogP contribution in [0.5, 0.6) is 11.5 Å². The Morgan fingerprint density at radius 1 is 0.900 bits per heavy atom. The highest BCUT2D eigenvalue weighted by molar-refractivity contribution is 6.04. The van der Waals surface area contributed by atoms with E-state index >= 15 is 0 Å². The first-order valence-corrected chi connectivity index (χ1v) is 9.48. The zero-order valence-corrected chi connectivity index (χ0v) is 16.3. The van der Waals surface area contributed by atoms with Crippen molar-refractivity contribution in [3.05, 3.63) is 84.2 Å². The van der Waals surface area contributed by atoms with Crippen LogP contribution in [0.15, 0.2) is 73.1 Å². The fourth-order valence-corrected chi connectivity index (χ4v) is 2.66. The molecule has 0 aliphatic rings. The van der Waals surface area contributed by atoms with E-state index in [1.165, 1.54) is 6.20 Å². The molecule has 7 heteroatoms. The zero-order chi connectivity index (χ0) is 21.2. The molecule has 0 aliphatic carbocycles. The minimum absolute atomic E-state index is 0.111. The number of aryl methyl sites for hydroxylation is 1. The molecule has 2 N–H and O–H groups in total. The minimum atomic E-state index is -0.809. The molecule has 30 heavy (non-hydrogen) atoms. The van der Waals surface area contributed by atoms with Gasteiger partial charge < -0.3 is 19.9 Å². The third-order valence-corrected chi connectivity index (χ3v) is 4.21. The van der Waals surface area contributed by atoms with Gasteiger partial charge in [-0.2, -0.15) is 0 Å². The number of hydrogen-bond donors (Lipinski definition) is 2. The molecule has 0 bridgehead atoms. The molecule has 7 nitrogen and oxygen atoms in total. The van der Waals surface area contributed by atoms with Crippen molar-refractivity contribution in [1.82, 2.24) is 4.98 Å². The van der Waals surface area contributed by atoms with Crippen LogP contribution in [-0.4, -0.2) is 35.2 Å². The van der Waals surface area contributed by atoms with Crippen LogP contribution in [0, 0.1) is 0 Å². The van der Waals surface area contributed by atoms with E-state index in [2.05, 4.69) is 10.3 Å². The van der Waals surface area contributed by atoms with Gasteiger partial charge in [-0.3, -0.25) is 14.6 Å². The summed E-state index contributed by atoms with van der Waals surface area (Å²) in [6, 6.07) is 17.8. The summed E-state index contributed by atoms with van der Waals surface area (Å²) in [5, 5.41) is 11.5. The molecule has 3 aromatic rings. The third-order valence-electron chi connectivity index (χ3n) is 4.21. The fraction of sp³-hybridized carbons (Fsp3) is 0.174. The average molecular weight is 406 g/mol. The number of nitrogens with zero attached hydrogens (tertiary/aromatic N) is 1. The number of benzene rings is 2.